The van der Waals surface area contributed by atoms with Crippen molar-refractivity contribution in [1.29, 1.82) is 0 Å². The number of aromatic nitrogens is 1. The van der Waals surface area contributed by atoms with E-state index in [-0.39, 0.29) is 5.92 Å². The van der Waals surface area contributed by atoms with Gasteiger partial charge in [-0.3, -0.25) is 9.78 Å². The van der Waals surface area contributed by atoms with E-state index in [0.29, 0.717) is 6.04 Å². The summed E-state index contributed by atoms with van der Waals surface area (Å²) < 4.78 is 0. The van der Waals surface area contributed by atoms with Gasteiger partial charge in [-0.25, -0.2) is 0 Å². The molecule has 0 saturated heterocycles. The molecule has 2 rings (SSSR count). The van der Waals surface area contributed by atoms with Crippen molar-refractivity contribution in [3.63, 3.8) is 0 Å². The second-order valence-electron chi connectivity index (χ2n) is 4.71. The first-order valence-corrected chi connectivity index (χ1v) is 6.00. The van der Waals surface area contributed by atoms with Crippen molar-refractivity contribution in [3.8, 4) is 0 Å². The van der Waals surface area contributed by atoms with Crippen LogP contribution in [-0.2, 0) is 11.2 Å². The molecule has 0 radical (unpaired) electrons. The zero-order chi connectivity index (χ0) is 12.3. The number of aliphatic carboxylic acids is 1. The Hall–Kier alpha value is -1.42. The van der Waals surface area contributed by atoms with Gasteiger partial charge in [-0.1, -0.05) is 6.07 Å². The highest BCUT2D eigenvalue weighted by Crippen LogP contribution is 2.31. The zero-order valence-corrected chi connectivity index (χ0v) is 10.0. The average Bonchev–Trinajstić information content (AvgIpc) is 2.25. The summed E-state index contributed by atoms with van der Waals surface area (Å²) in [6.45, 7) is 0.939. The first kappa shape index (κ1) is 12.0. The number of hydrogen-bond donors (Lipinski definition) is 1. The summed E-state index contributed by atoms with van der Waals surface area (Å²) >= 11 is 0. The Morgan fingerprint density at radius 3 is 2.88 bits per heavy atom. The third kappa shape index (κ3) is 3.03. The highest BCUT2D eigenvalue weighted by Gasteiger charge is 2.36. The summed E-state index contributed by atoms with van der Waals surface area (Å²) in [6, 6.07) is 6.36. The van der Waals surface area contributed by atoms with E-state index in [1.54, 1.807) is 6.20 Å². The number of hydrogen-bond acceptors (Lipinski definition) is 3. The fourth-order valence-corrected chi connectivity index (χ4v) is 2.17. The van der Waals surface area contributed by atoms with Crippen LogP contribution in [0.4, 0.5) is 0 Å². The summed E-state index contributed by atoms with van der Waals surface area (Å²) in [6.07, 6.45) is 4.30. The monoisotopic (exact) mass is 234 g/mol. The lowest BCUT2D eigenvalue weighted by molar-refractivity contribution is -0.146. The van der Waals surface area contributed by atoms with Crippen LogP contribution >= 0.6 is 0 Å². The minimum atomic E-state index is -0.653. The molecule has 0 spiro atoms. The van der Waals surface area contributed by atoms with Crippen molar-refractivity contribution in [2.75, 3.05) is 13.6 Å². The van der Waals surface area contributed by atoms with Crippen molar-refractivity contribution >= 4 is 5.97 Å². The van der Waals surface area contributed by atoms with Crippen LogP contribution in [0.5, 0.6) is 0 Å². The van der Waals surface area contributed by atoms with Crippen LogP contribution in [0, 0.1) is 5.92 Å². The molecule has 0 bridgehead atoms. The van der Waals surface area contributed by atoms with Gasteiger partial charge in [0.05, 0.1) is 5.92 Å². The predicted octanol–water partition coefficient (Wildman–Crippen LogP) is 1.42. The van der Waals surface area contributed by atoms with Crippen molar-refractivity contribution in [3.05, 3.63) is 30.1 Å². The average molecular weight is 234 g/mol. The van der Waals surface area contributed by atoms with Gasteiger partial charge in [-0.15, -0.1) is 0 Å². The minimum absolute atomic E-state index is 0.127. The van der Waals surface area contributed by atoms with Gasteiger partial charge < -0.3 is 10.0 Å². The van der Waals surface area contributed by atoms with E-state index in [1.165, 1.54) is 0 Å². The molecule has 1 N–H and O–H groups in total. The maximum atomic E-state index is 10.7. The van der Waals surface area contributed by atoms with E-state index in [4.69, 9.17) is 5.11 Å². The maximum absolute atomic E-state index is 10.7. The van der Waals surface area contributed by atoms with E-state index >= 15 is 0 Å². The van der Waals surface area contributed by atoms with Gasteiger partial charge in [0.15, 0.2) is 0 Å². The molecular formula is C13H18N2O2. The topological polar surface area (TPSA) is 53.4 Å². The zero-order valence-electron chi connectivity index (χ0n) is 10.0. The molecule has 1 aromatic heterocycles. The van der Waals surface area contributed by atoms with Crippen LogP contribution in [0.2, 0.25) is 0 Å². The van der Waals surface area contributed by atoms with Gasteiger partial charge in [0, 0.05) is 30.9 Å². The number of carbonyl (C=O) groups is 1. The Bertz CT molecular complexity index is 374. The smallest absolute Gasteiger partial charge is 0.306 e. The number of carboxylic acids is 1. The molecule has 1 heterocycles. The van der Waals surface area contributed by atoms with Crippen LogP contribution < -0.4 is 0 Å². The van der Waals surface area contributed by atoms with Crippen LogP contribution in [-0.4, -0.2) is 40.6 Å². The fraction of sp³-hybridized carbons (Fsp3) is 0.538. The van der Waals surface area contributed by atoms with Crippen molar-refractivity contribution in [2.45, 2.75) is 25.3 Å². The summed E-state index contributed by atoms with van der Waals surface area (Å²) in [5.41, 5.74) is 1.09. The molecule has 1 saturated carbocycles. The second kappa shape index (κ2) is 5.27. The molecule has 0 amide bonds. The summed E-state index contributed by atoms with van der Waals surface area (Å²) in [5.74, 6) is -0.781. The molecule has 92 valence electrons. The summed E-state index contributed by atoms with van der Waals surface area (Å²) in [7, 11) is 2.06. The van der Waals surface area contributed by atoms with E-state index in [9.17, 15) is 4.79 Å². The van der Waals surface area contributed by atoms with Crippen molar-refractivity contribution < 1.29 is 9.90 Å². The third-order valence-electron chi connectivity index (χ3n) is 3.53. The Kier molecular flexibility index (Phi) is 3.74. The molecule has 1 aliphatic carbocycles. The molecule has 4 heteroatoms. The molecule has 1 fully saturated rings. The normalized spacial score (nSPS) is 23.4. The molecule has 0 aliphatic heterocycles. The van der Waals surface area contributed by atoms with Gasteiger partial charge in [0.25, 0.3) is 0 Å². The second-order valence-corrected chi connectivity index (χ2v) is 4.71. The first-order valence-electron chi connectivity index (χ1n) is 6.00. The largest absolute Gasteiger partial charge is 0.481 e. The van der Waals surface area contributed by atoms with E-state index < -0.39 is 5.97 Å². The molecule has 1 aromatic rings. The number of carboxylic acid groups (broad SMARTS) is 1. The lowest BCUT2D eigenvalue weighted by Crippen LogP contribution is -2.45. The van der Waals surface area contributed by atoms with E-state index in [1.807, 2.05) is 18.2 Å². The SMILES string of the molecule is CN(CCc1ccccn1)C1CC(C(=O)O)C1. The number of nitrogens with zero attached hydrogens (tertiary/aromatic N) is 2. The van der Waals surface area contributed by atoms with E-state index in [2.05, 4.69) is 16.9 Å². The Morgan fingerprint density at radius 1 is 1.53 bits per heavy atom. The third-order valence-corrected chi connectivity index (χ3v) is 3.53. The van der Waals surface area contributed by atoms with Gasteiger partial charge in [0.1, 0.15) is 0 Å². The molecule has 4 nitrogen and oxygen atoms in total. The van der Waals surface area contributed by atoms with Crippen LogP contribution in [0.15, 0.2) is 24.4 Å². The van der Waals surface area contributed by atoms with Gasteiger partial charge >= 0.3 is 5.97 Å². The lowest BCUT2D eigenvalue weighted by Gasteiger charge is -2.39. The quantitative estimate of drug-likeness (QED) is 0.837. The standard InChI is InChI=1S/C13H18N2O2/c1-15(12-8-10(9-12)13(16)17)7-5-11-4-2-3-6-14-11/h2-4,6,10,12H,5,7-9H2,1H3,(H,16,17). The molecular weight excluding hydrogens is 216 g/mol. The van der Waals surface area contributed by atoms with Gasteiger partial charge in [-0.2, -0.15) is 0 Å². The highest BCUT2D eigenvalue weighted by atomic mass is 16.4. The first-order chi connectivity index (χ1) is 8.16. The molecule has 0 aromatic carbocycles. The van der Waals surface area contributed by atoms with Crippen molar-refractivity contribution in [2.24, 2.45) is 5.92 Å². The Labute approximate surface area is 101 Å². The summed E-state index contributed by atoms with van der Waals surface area (Å²) in [5, 5.41) is 8.81. The molecule has 1 aliphatic rings. The maximum Gasteiger partial charge on any atom is 0.306 e. The van der Waals surface area contributed by atoms with E-state index in [0.717, 1.165) is 31.5 Å². The predicted molar refractivity (Wildman–Crippen MR) is 64.7 cm³/mol. The summed E-state index contributed by atoms with van der Waals surface area (Å²) in [4.78, 5) is 17.2. The van der Waals surface area contributed by atoms with Crippen LogP contribution in [0.25, 0.3) is 0 Å². The number of pyridine rings is 1. The lowest BCUT2D eigenvalue weighted by atomic mass is 9.79. The van der Waals surface area contributed by atoms with Gasteiger partial charge in [-0.05, 0) is 32.0 Å². The van der Waals surface area contributed by atoms with Crippen LogP contribution in [0.3, 0.4) is 0 Å². The minimum Gasteiger partial charge on any atom is -0.481 e. The highest BCUT2D eigenvalue weighted by molar-refractivity contribution is 5.71. The molecule has 0 atom stereocenters. The van der Waals surface area contributed by atoms with Crippen molar-refractivity contribution in [1.82, 2.24) is 9.88 Å². The fourth-order valence-electron chi connectivity index (χ4n) is 2.17. The number of likely N-dealkylation sites (N-methyl/N-ethyl adjacent to an activating group) is 1. The number of rotatable bonds is 5. The molecule has 17 heavy (non-hydrogen) atoms. The molecule has 0 unspecified atom stereocenters. The van der Waals surface area contributed by atoms with Crippen LogP contribution in [0.1, 0.15) is 18.5 Å². The van der Waals surface area contributed by atoms with Gasteiger partial charge in [0.2, 0.25) is 0 Å². The Balaban J connectivity index is 1.72. The Morgan fingerprint density at radius 2 is 2.29 bits per heavy atom.